The minimum atomic E-state index is -4.00. The van der Waals surface area contributed by atoms with E-state index in [2.05, 4.69) is 5.32 Å². The number of benzene rings is 2. The summed E-state index contributed by atoms with van der Waals surface area (Å²) in [5.41, 5.74) is 0.715. The van der Waals surface area contributed by atoms with E-state index in [4.69, 9.17) is 28.0 Å². The van der Waals surface area contributed by atoms with Crippen LogP contribution in [0.15, 0.2) is 53.4 Å². The number of rotatable bonds is 19. The van der Waals surface area contributed by atoms with Crippen LogP contribution in [-0.4, -0.2) is 95.1 Å². The summed E-state index contributed by atoms with van der Waals surface area (Å²) in [7, 11) is -5.92. The zero-order valence-corrected chi connectivity index (χ0v) is 28.8. The lowest BCUT2D eigenvalue weighted by atomic mass is 10.0. The van der Waals surface area contributed by atoms with E-state index in [0.29, 0.717) is 30.1 Å². The molecule has 3 atom stereocenters. The summed E-state index contributed by atoms with van der Waals surface area (Å²) in [6, 6.07) is 11.9. The van der Waals surface area contributed by atoms with Crippen LogP contribution in [0.1, 0.15) is 39.7 Å². The van der Waals surface area contributed by atoms with Gasteiger partial charge in [0.2, 0.25) is 10.0 Å². The lowest BCUT2D eigenvalue weighted by molar-refractivity contribution is 0.0644. The van der Waals surface area contributed by atoms with Crippen LogP contribution in [0.3, 0.4) is 0 Å². The van der Waals surface area contributed by atoms with Crippen molar-refractivity contribution in [2.75, 3.05) is 53.0 Å². The summed E-state index contributed by atoms with van der Waals surface area (Å²) in [6.07, 6.45) is -2.02. The second-order valence-electron chi connectivity index (χ2n) is 11.2. The fourth-order valence-corrected chi connectivity index (χ4v) is 7.71. The van der Waals surface area contributed by atoms with Gasteiger partial charge in [-0.25, -0.2) is 13.2 Å². The molecule has 0 unspecified atom stereocenters. The maximum atomic E-state index is 13.7. The number of nitrogens with one attached hydrogen (secondary N) is 1. The average molecular weight is 687 g/mol. The summed E-state index contributed by atoms with van der Waals surface area (Å²) >= 11 is 0. The van der Waals surface area contributed by atoms with Crippen LogP contribution in [0.4, 0.5) is 4.79 Å². The van der Waals surface area contributed by atoms with Gasteiger partial charge in [-0.3, -0.25) is 4.57 Å². The number of carbonyl (C=O) groups excluding carboxylic acids is 1. The number of carbonyl (C=O) groups is 1. The van der Waals surface area contributed by atoms with E-state index in [1.165, 1.54) is 23.5 Å². The lowest BCUT2D eigenvalue weighted by Gasteiger charge is -2.30. The molecule has 1 aliphatic rings. The average Bonchev–Trinajstić information content (AvgIpc) is 3.53. The van der Waals surface area contributed by atoms with E-state index in [9.17, 15) is 22.9 Å². The van der Waals surface area contributed by atoms with Gasteiger partial charge in [0.05, 0.1) is 50.6 Å². The lowest BCUT2D eigenvalue weighted by Crippen LogP contribution is -2.51. The zero-order valence-electron chi connectivity index (χ0n) is 27.1. The Hall–Kier alpha value is -2.71. The van der Waals surface area contributed by atoms with Crippen molar-refractivity contribution in [1.82, 2.24) is 9.62 Å². The molecule has 1 fully saturated rings. The molecule has 3 rings (SSSR count). The Morgan fingerprint density at radius 2 is 1.67 bits per heavy atom. The normalized spacial score (nSPS) is 16.7. The predicted octanol–water partition coefficient (Wildman–Crippen LogP) is 4.43. The van der Waals surface area contributed by atoms with E-state index in [1.807, 2.05) is 13.8 Å². The molecule has 1 saturated heterocycles. The Bertz CT molecular complexity index is 1360. The van der Waals surface area contributed by atoms with Crippen LogP contribution < -0.4 is 14.8 Å². The van der Waals surface area contributed by atoms with Gasteiger partial charge >= 0.3 is 13.7 Å². The molecule has 2 N–H and O–H groups in total. The molecule has 0 aromatic heterocycles. The maximum absolute atomic E-state index is 13.7. The smallest absolute Gasteiger partial charge is 0.407 e. The standard InChI is InChI=1S/C31H47N2O11PS/c1-6-42-45(36,43-7-2)22-41-26-10-8-24(9-11-26)18-29(32-31(35)44-27-16-17-40-21-27)30(34)20-33(19-23(3)4)46(37,38)28-14-12-25(39-5)13-15-28/h8-15,23,27,29-30,34H,6-7,16-22H2,1-5H3,(H,32,35)/t27-,29-,30+/m0/s1. The molecule has 15 heteroatoms. The van der Waals surface area contributed by atoms with E-state index < -0.39 is 42.0 Å². The molecule has 0 bridgehead atoms. The van der Waals surface area contributed by atoms with E-state index in [1.54, 1.807) is 50.2 Å². The number of hydrogen-bond acceptors (Lipinski definition) is 11. The van der Waals surface area contributed by atoms with Crippen LogP contribution in [0, 0.1) is 5.92 Å². The third kappa shape index (κ3) is 11.5. The van der Waals surface area contributed by atoms with Gasteiger partial charge < -0.3 is 38.4 Å². The highest BCUT2D eigenvalue weighted by atomic mass is 32.2. The topological polar surface area (TPSA) is 159 Å². The minimum absolute atomic E-state index is 0.0488. The Labute approximate surface area is 272 Å². The largest absolute Gasteiger partial charge is 0.497 e. The Morgan fingerprint density at radius 1 is 1.04 bits per heavy atom. The van der Waals surface area contributed by atoms with Gasteiger partial charge in [0, 0.05) is 19.5 Å². The summed E-state index contributed by atoms with van der Waals surface area (Å²) in [5.74, 6) is 0.883. The van der Waals surface area contributed by atoms with Crippen molar-refractivity contribution in [2.45, 2.75) is 63.7 Å². The number of hydrogen-bond donors (Lipinski definition) is 2. The highest BCUT2D eigenvalue weighted by Crippen LogP contribution is 2.47. The van der Waals surface area contributed by atoms with Crippen LogP contribution in [-0.2, 0) is 39.5 Å². The van der Waals surface area contributed by atoms with Crippen molar-refractivity contribution >= 4 is 23.7 Å². The number of aliphatic hydroxyl groups excluding tert-OH is 1. The minimum Gasteiger partial charge on any atom is -0.497 e. The summed E-state index contributed by atoms with van der Waals surface area (Å²) in [4.78, 5) is 12.9. The third-order valence-electron chi connectivity index (χ3n) is 7.01. The number of nitrogens with zero attached hydrogens (tertiary/aromatic N) is 1. The molecule has 2 aromatic rings. The fourth-order valence-electron chi connectivity index (χ4n) is 4.77. The zero-order chi connectivity index (χ0) is 33.7. The van der Waals surface area contributed by atoms with Gasteiger partial charge in [0.15, 0.2) is 6.35 Å². The molecule has 258 valence electrons. The van der Waals surface area contributed by atoms with Crippen molar-refractivity contribution in [3.05, 3.63) is 54.1 Å². The quantitative estimate of drug-likeness (QED) is 0.201. The van der Waals surface area contributed by atoms with E-state index in [-0.39, 0.29) is 56.5 Å². The first-order valence-corrected chi connectivity index (χ1v) is 18.5. The first-order valence-electron chi connectivity index (χ1n) is 15.4. The monoisotopic (exact) mass is 686 g/mol. The molecule has 1 aliphatic heterocycles. The van der Waals surface area contributed by atoms with Crippen LogP contribution >= 0.6 is 7.60 Å². The third-order valence-corrected chi connectivity index (χ3v) is 10.6. The van der Waals surface area contributed by atoms with Gasteiger partial charge in [-0.2, -0.15) is 4.31 Å². The summed E-state index contributed by atoms with van der Waals surface area (Å²) in [5, 5.41) is 14.2. The van der Waals surface area contributed by atoms with Gasteiger partial charge in [-0.05, 0) is 68.1 Å². The van der Waals surface area contributed by atoms with E-state index in [0.717, 1.165) is 0 Å². The molecule has 1 heterocycles. The number of ether oxygens (including phenoxy) is 4. The van der Waals surface area contributed by atoms with Crippen LogP contribution in [0.5, 0.6) is 11.5 Å². The van der Waals surface area contributed by atoms with Crippen molar-refractivity contribution in [1.29, 1.82) is 0 Å². The second-order valence-corrected chi connectivity index (χ2v) is 15.1. The molecule has 0 saturated carbocycles. The Kier molecular flexibility index (Phi) is 14.8. The molecular weight excluding hydrogens is 639 g/mol. The Balaban J connectivity index is 1.79. The van der Waals surface area contributed by atoms with Crippen LogP contribution in [0.2, 0.25) is 0 Å². The summed E-state index contributed by atoms with van der Waals surface area (Å²) < 4.78 is 73.4. The van der Waals surface area contributed by atoms with Gasteiger partial charge in [0.25, 0.3) is 0 Å². The molecule has 46 heavy (non-hydrogen) atoms. The highest BCUT2D eigenvalue weighted by Gasteiger charge is 2.32. The van der Waals surface area contributed by atoms with Crippen molar-refractivity contribution in [2.24, 2.45) is 5.92 Å². The Morgan fingerprint density at radius 3 is 2.22 bits per heavy atom. The number of aliphatic hydroxyl groups is 1. The molecule has 0 aliphatic carbocycles. The number of methoxy groups -OCH3 is 1. The van der Waals surface area contributed by atoms with Crippen molar-refractivity contribution < 1.29 is 50.9 Å². The van der Waals surface area contributed by atoms with Gasteiger partial charge in [0.1, 0.15) is 17.6 Å². The molecule has 0 spiro atoms. The van der Waals surface area contributed by atoms with Gasteiger partial charge in [-0.1, -0.05) is 26.0 Å². The summed E-state index contributed by atoms with van der Waals surface area (Å²) in [6.45, 7) is 8.23. The molecular formula is C31H47N2O11PS. The molecule has 13 nitrogen and oxygen atoms in total. The van der Waals surface area contributed by atoms with Crippen molar-refractivity contribution in [3.8, 4) is 11.5 Å². The highest BCUT2D eigenvalue weighted by molar-refractivity contribution is 7.89. The van der Waals surface area contributed by atoms with Crippen molar-refractivity contribution in [3.63, 3.8) is 0 Å². The first-order chi connectivity index (χ1) is 21.9. The van der Waals surface area contributed by atoms with E-state index >= 15 is 0 Å². The predicted molar refractivity (Wildman–Crippen MR) is 172 cm³/mol. The number of amides is 1. The molecule has 2 aromatic carbocycles. The molecule has 1 amide bonds. The van der Waals surface area contributed by atoms with Crippen LogP contribution in [0.25, 0.3) is 0 Å². The second kappa shape index (κ2) is 18.0. The maximum Gasteiger partial charge on any atom is 0.407 e. The number of alkyl carbamates (subject to hydrolysis) is 1. The number of sulfonamides is 1. The first kappa shape index (κ1) is 37.7. The van der Waals surface area contributed by atoms with Gasteiger partial charge in [-0.15, -0.1) is 0 Å². The fraction of sp³-hybridized carbons (Fsp3) is 0.581. The SMILES string of the molecule is CCOP(=O)(COc1ccc(C[C@H](NC(=O)O[C@H]2CCOC2)[C@H](O)CN(CC(C)C)S(=O)(=O)c2ccc(OC)cc2)cc1)OCC. The molecule has 0 radical (unpaired) electrons.